The van der Waals surface area contributed by atoms with E-state index in [0.29, 0.717) is 6.61 Å². The van der Waals surface area contributed by atoms with Gasteiger partial charge in [-0.3, -0.25) is 0 Å². The number of hydrogen-bond donors (Lipinski definition) is 0. The van der Waals surface area contributed by atoms with Gasteiger partial charge in [0.15, 0.2) is 0 Å². The van der Waals surface area contributed by atoms with Crippen molar-refractivity contribution in [1.29, 1.82) is 5.26 Å². The Labute approximate surface area is 149 Å². The maximum absolute atomic E-state index is 12.1. The van der Waals surface area contributed by atoms with E-state index in [9.17, 15) is 10.1 Å². The van der Waals surface area contributed by atoms with Gasteiger partial charge in [-0.15, -0.1) is 0 Å². The van der Waals surface area contributed by atoms with Crippen molar-refractivity contribution in [2.24, 2.45) is 0 Å². The second kappa shape index (κ2) is 8.90. The Morgan fingerprint density at radius 2 is 1.92 bits per heavy atom. The summed E-state index contributed by atoms with van der Waals surface area (Å²) in [7, 11) is 0. The fourth-order valence-electron chi connectivity index (χ4n) is 1.97. The van der Waals surface area contributed by atoms with E-state index >= 15 is 0 Å². The molecule has 2 aromatic carbocycles. The molecule has 0 aromatic heterocycles. The molecule has 0 amide bonds. The topological polar surface area (TPSA) is 59.3 Å². The molecule has 0 bridgehead atoms. The zero-order valence-corrected chi connectivity index (χ0v) is 14.7. The number of carbonyl (C=O) groups is 1. The number of ether oxygens (including phenoxy) is 2. The van der Waals surface area contributed by atoms with Crippen LogP contribution in [0.2, 0.25) is 0 Å². The fourth-order valence-corrected chi connectivity index (χ4v) is 2.37. The summed E-state index contributed by atoms with van der Waals surface area (Å²) in [4.78, 5) is 12.1. The lowest BCUT2D eigenvalue weighted by atomic mass is 10.1. The van der Waals surface area contributed by atoms with Gasteiger partial charge in [-0.05, 0) is 36.8 Å². The highest BCUT2D eigenvalue weighted by atomic mass is 79.9. The Balaban J connectivity index is 2.05. The Morgan fingerprint density at radius 3 is 2.54 bits per heavy atom. The minimum atomic E-state index is -0.651. The van der Waals surface area contributed by atoms with Crippen LogP contribution in [0.5, 0.6) is 5.75 Å². The monoisotopic (exact) mass is 385 g/mol. The van der Waals surface area contributed by atoms with E-state index in [0.717, 1.165) is 21.3 Å². The molecule has 2 aromatic rings. The minimum Gasteiger partial charge on any atom is -0.494 e. The first-order valence-electron chi connectivity index (χ1n) is 7.39. The normalized spacial score (nSPS) is 10.8. The zero-order valence-electron chi connectivity index (χ0n) is 13.2. The average molecular weight is 386 g/mol. The van der Waals surface area contributed by atoms with Gasteiger partial charge < -0.3 is 9.47 Å². The van der Waals surface area contributed by atoms with Crippen molar-refractivity contribution in [3.05, 3.63) is 69.7 Å². The summed E-state index contributed by atoms with van der Waals surface area (Å²) in [5.41, 5.74) is 1.52. The third kappa shape index (κ3) is 4.97. The Hall–Kier alpha value is -2.58. The molecule has 0 aliphatic carbocycles. The quantitative estimate of drug-likeness (QED) is 0.417. The zero-order chi connectivity index (χ0) is 17.4. The summed E-state index contributed by atoms with van der Waals surface area (Å²) in [5, 5.41) is 9.20. The summed E-state index contributed by atoms with van der Waals surface area (Å²) >= 11 is 3.39. The lowest BCUT2D eigenvalue weighted by molar-refractivity contribution is -0.139. The number of halogens is 1. The van der Waals surface area contributed by atoms with E-state index in [4.69, 9.17) is 9.47 Å². The molecule has 0 aliphatic rings. The smallest absolute Gasteiger partial charge is 0.349 e. The predicted molar refractivity (Wildman–Crippen MR) is 95.1 cm³/mol. The second-order valence-corrected chi connectivity index (χ2v) is 5.69. The van der Waals surface area contributed by atoms with Gasteiger partial charge in [-0.25, -0.2) is 4.79 Å². The Bertz CT molecular complexity index is 776. The third-order valence-electron chi connectivity index (χ3n) is 3.16. The summed E-state index contributed by atoms with van der Waals surface area (Å²) in [5.74, 6) is 0.0896. The van der Waals surface area contributed by atoms with Crippen LogP contribution >= 0.6 is 15.9 Å². The van der Waals surface area contributed by atoms with Crippen molar-refractivity contribution >= 4 is 28.0 Å². The van der Waals surface area contributed by atoms with Gasteiger partial charge in [0.05, 0.1) is 6.61 Å². The lowest BCUT2D eigenvalue weighted by Crippen LogP contribution is -2.07. The molecule has 0 spiro atoms. The molecule has 2 rings (SSSR count). The van der Waals surface area contributed by atoms with Gasteiger partial charge >= 0.3 is 5.97 Å². The van der Waals surface area contributed by atoms with Gasteiger partial charge in [0, 0.05) is 10.0 Å². The molecule has 0 atom stereocenters. The summed E-state index contributed by atoms with van der Waals surface area (Å²) in [6.07, 6.45) is 1.50. The van der Waals surface area contributed by atoms with Gasteiger partial charge in [0.1, 0.15) is 24.0 Å². The minimum absolute atomic E-state index is 0.0498. The Kier molecular flexibility index (Phi) is 6.59. The first-order chi connectivity index (χ1) is 11.6. The maximum atomic E-state index is 12.1. The summed E-state index contributed by atoms with van der Waals surface area (Å²) in [6.45, 7) is 2.59. The van der Waals surface area contributed by atoms with Crippen molar-refractivity contribution in [2.75, 3.05) is 6.61 Å². The molecule has 0 N–H and O–H groups in total. The number of rotatable bonds is 6. The highest BCUT2D eigenvalue weighted by Gasteiger charge is 2.12. The molecular weight excluding hydrogens is 370 g/mol. The number of carbonyl (C=O) groups excluding carboxylic acids is 1. The van der Waals surface area contributed by atoms with Crippen LogP contribution in [0.1, 0.15) is 18.1 Å². The molecule has 0 unspecified atom stereocenters. The van der Waals surface area contributed by atoms with Crippen molar-refractivity contribution in [2.45, 2.75) is 13.5 Å². The van der Waals surface area contributed by atoms with Crippen LogP contribution in [0.15, 0.2) is 58.6 Å². The van der Waals surface area contributed by atoms with Crippen molar-refractivity contribution in [3.63, 3.8) is 0 Å². The molecule has 24 heavy (non-hydrogen) atoms. The van der Waals surface area contributed by atoms with E-state index in [-0.39, 0.29) is 12.2 Å². The van der Waals surface area contributed by atoms with Crippen LogP contribution in [0.3, 0.4) is 0 Å². The van der Waals surface area contributed by atoms with Gasteiger partial charge in [0.2, 0.25) is 0 Å². The van der Waals surface area contributed by atoms with Crippen molar-refractivity contribution in [1.82, 2.24) is 0 Å². The molecule has 0 saturated carbocycles. The van der Waals surface area contributed by atoms with Crippen molar-refractivity contribution in [3.8, 4) is 11.8 Å². The first kappa shape index (κ1) is 17.8. The largest absolute Gasteiger partial charge is 0.494 e. The molecule has 0 radical (unpaired) electrons. The molecule has 0 saturated heterocycles. The van der Waals surface area contributed by atoms with Crippen LogP contribution in [-0.2, 0) is 16.1 Å². The number of hydrogen-bond acceptors (Lipinski definition) is 4. The highest BCUT2D eigenvalue weighted by Crippen LogP contribution is 2.18. The predicted octanol–water partition coefficient (Wildman–Crippen LogP) is 4.50. The SMILES string of the molecule is CCOc1ccc(/C=C(\C#N)C(=O)OCc2ccccc2Br)cc1. The first-order valence-corrected chi connectivity index (χ1v) is 8.18. The summed E-state index contributed by atoms with van der Waals surface area (Å²) < 4.78 is 11.4. The fraction of sp³-hybridized carbons (Fsp3) is 0.158. The Morgan fingerprint density at radius 1 is 1.21 bits per heavy atom. The van der Waals surface area contributed by atoms with Crippen LogP contribution < -0.4 is 4.74 Å². The molecule has 0 aliphatic heterocycles. The van der Waals surface area contributed by atoms with Gasteiger partial charge in [0.25, 0.3) is 0 Å². The highest BCUT2D eigenvalue weighted by molar-refractivity contribution is 9.10. The van der Waals surface area contributed by atoms with E-state index in [1.165, 1.54) is 6.08 Å². The van der Waals surface area contributed by atoms with E-state index in [1.54, 1.807) is 24.3 Å². The molecule has 4 nitrogen and oxygen atoms in total. The van der Waals surface area contributed by atoms with Gasteiger partial charge in [-0.2, -0.15) is 5.26 Å². The number of nitrogens with zero attached hydrogens (tertiary/aromatic N) is 1. The molecular formula is C19H16BrNO3. The van der Waals surface area contributed by atoms with E-state index in [2.05, 4.69) is 15.9 Å². The second-order valence-electron chi connectivity index (χ2n) is 4.84. The summed E-state index contributed by atoms with van der Waals surface area (Å²) in [6, 6.07) is 16.5. The van der Waals surface area contributed by atoms with Crippen LogP contribution in [0, 0.1) is 11.3 Å². The van der Waals surface area contributed by atoms with Crippen LogP contribution in [-0.4, -0.2) is 12.6 Å². The van der Waals surface area contributed by atoms with Crippen LogP contribution in [0.25, 0.3) is 6.08 Å². The molecule has 0 heterocycles. The van der Waals surface area contributed by atoms with Crippen molar-refractivity contribution < 1.29 is 14.3 Å². The van der Waals surface area contributed by atoms with Crippen LogP contribution in [0.4, 0.5) is 0 Å². The lowest BCUT2D eigenvalue weighted by Gasteiger charge is -2.06. The average Bonchev–Trinajstić information content (AvgIpc) is 2.60. The van der Waals surface area contributed by atoms with E-state index in [1.807, 2.05) is 37.3 Å². The molecule has 122 valence electrons. The number of benzene rings is 2. The number of nitriles is 1. The van der Waals surface area contributed by atoms with Gasteiger partial charge in [-0.1, -0.05) is 46.3 Å². The van der Waals surface area contributed by atoms with E-state index < -0.39 is 5.97 Å². The third-order valence-corrected chi connectivity index (χ3v) is 3.93. The standard InChI is InChI=1S/C19H16BrNO3/c1-2-23-17-9-7-14(8-10-17)11-16(12-21)19(22)24-13-15-5-3-4-6-18(15)20/h3-11H,2,13H2,1H3/b16-11+. The molecule has 5 heteroatoms. The number of esters is 1. The maximum Gasteiger partial charge on any atom is 0.349 e. The molecule has 0 fully saturated rings.